The first kappa shape index (κ1) is 36.7. The highest BCUT2D eigenvalue weighted by Gasteiger charge is 2.45. The highest BCUT2D eigenvalue weighted by atomic mass is 15.2. The number of rotatable bonds is 7. The molecule has 0 saturated heterocycles. The monoisotopic (exact) mass is 800 g/mol. The van der Waals surface area contributed by atoms with Crippen LogP contribution in [0.25, 0.3) is 55.6 Å². The van der Waals surface area contributed by atoms with Crippen LogP contribution >= 0.6 is 0 Å². The molecule has 2 heterocycles. The quantitative estimate of drug-likeness (QED) is 0.148. The van der Waals surface area contributed by atoms with Crippen LogP contribution in [0.3, 0.4) is 0 Å². The molecule has 0 bridgehead atoms. The lowest BCUT2D eigenvalue weighted by atomic mass is 9.33. The van der Waals surface area contributed by atoms with E-state index in [4.69, 9.17) is 0 Å². The van der Waals surface area contributed by atoms with Crippen LogP contribution in [0.15, 0.2) is 249 Å². The van der Waals surface area contributed by atoms with Crippen LogP contribution in [0.4, 0.5) is 34.1 Å². The topological polar surface area (TPSA) is 6.48 Å². The van der Waals surface area contributed by atoms with E-state index in [9.17, 15) is 0 Å². The van der Waals surface area contributed by atoms with E-state index in [1.165, 1.54) is 89.2 Å². The molecule has 63 heavy (non-hydrogen) atoms. The number of nitrogens with zero attached hydrogens (tertiary/aromatic N) is 2. The van der Waals surface area contributed by atoms with Gasteiger partial charge in [-0.2, -0.15) is 0 Å². The summed E-state index contributed by atoms with van der Waals surface area (Å²) in [6.45, 7) is -0.0582. The number of fused-ring (bicyclic) bond motifs is 4. The molecule has 0 unspecified atom stereocenters. The Hall–Kier alpha value is -8.14. The van der Waals surface area contributed by atoms with Crippen LogP contribution in [0.1, 0.15) is 0 Å². The first-order chi connectivity index (χ1) is 31.3. The van der Waals surface area contributed by atoms with Gasteiger partial charge in [0.2, 0.25) is 0 Å². The van der Waals surface area contributed by atoms with E-state index in [-0.39, 0.29) is 6.71 Å². The molecule has 0 aliphatic carbocycles. The van der Waals surface area contributed by atoms with Crippen molar-refractivity contribution in [3.05, 3.63) is 249 Å². The lowest BCUT2D eigenvalue weighted by Crippen LogP contribution is -2.61. The van der Waals surface area contributed by atoms with Crippen molar-refractivity contribution in [2.24, 2.45) is 0 Å². The van der Waals surface area contributed by atoms with E-state index in [0.717, 1.165) is 16.9 Å². The number of para-hydroxylation sites is 3. The predicted octanol–water partition coefficient (Wildman–Crippen LogP) is 14.1. The van der Waals surface area contributed by atoms with Crippen molar-refractivity contribution >= 4 is 57.2 Å². The lowest BCUT2D eigenvalue weighted by molar-refractivity contribution is 1.25. The minimum absolute atomic E-state index is 0.0582. The maximum atomic E-state index is 2.59. The van der Waals surface area contributed by atoms with Gasteiger partial charge in [0.15, 0.2) is 0 Å². The van der Waals surface area contributed by atoms with Crippen molar-refractivity contribution in [2.45, 2.75) is 0 Å². The molecule has 0 fully saturated rings. The zero-order valence-corrected chi connectivity index (χ0v) is 34.6. The molecule has 0 saturated carbocycles. The third kappa shape index (κ3) is 6.20. The normalized spacial score (nSPS) is 12.3. The Morgan fingerprint density at radius 2 is 0.635 bits per heavy atom. The fourth-order valence-electron chi connectivity index (χ4n) is 10.1. The highest BCUT2D eigenvalue weighted by Crippen LogP contribution is 2.51. The van der Waals surface area contributed by atoms with Gasteiger partial charge in [-0.05, 0) is 85.7 Å². The standard InChI is InChI=1S/C60H41BN2/c1-6-20-42(21-7-1)44-36-38-49(39-37-44)62-56-40-48(43-22-8-2-9-23-43)41-57-58(56)61(53-33-18-31-51(59(53)62)46-26-12-4-13-27-46)54-34-19-32-52(47-28-14-5-15-29-47)60(54)63(57)55-35-17-16-30-50(55)45-24-10-3-11-25-45/h1-41H. The molecule has 3 heteroatoms. The SMILES string of the molecule is c1ccc(-c2ccc(N3c4cc(-c5ccccc5)cc5c4B(c4cccc(-c6ccccc6)c43)c3cccc(-c4ccccc4)c3N5c3ccccc3-c3ccccc3)cc2)cc1. The highest BCUT2D eigenvalue weighted by molar-refractivity contribution is 7.00. The Morgan fingerprint density at radius 3 is 1.16 bits per heavy atom. The van der Waals surface area contributed by atoms with Gasteiger partial charge in [-0.25, -0.2) is 0 Å². The molecule has 0 N–H and O–H groups in total. The fourth-order valence-corrected chi connectivity index (χ4v) is 10.1. The summed E-state index contributed by atoms with van der Waals surface area (Å²) in [5.74, 6) is 0. The molecule has 10 aromatic rings. The average Bonchev–Trinajstić information content (AvgIpc) is 3.37. The van der Waals surface area contributed by atoms with Crippen molar-refractivity contribution < 1.29 is 0 Å². The Morgan fingerprint density at radius 1 is 0.254 bits per heavy atom. The molecule has 0 atom stereocenters. The van der Waals surface area contributed by atoms with Gasteiger partial charge in [-0.15, -0.1) is 0 Å². The van der Waals surface area contributed by atoms with Gasteiger partial charge in [-0.1, -0.05) is 218 Å². The van der Waals surface area contributed by atoms with E-state index in [2.05, 4.69) is 259 Å². The smallest absolute Gasteiger partial charge is 0.252 e. The summed E-state index contributed by atoms with van der Waals surface area (Å²) in [5, 5.41) is 0. The lowest BCUT2D eigenvalue weighted by Gasteiger charge is -2.46. The van der Waals surface area contributed by atoms with Crippen molar-refractivity contribution in [3.8, 4) is 55.6 Å². The van der Waals surface area contributed by atoms with Gasteiger partial charge in [0.25, 0.3) is 6.71 Å². The van der Waals surface area contributed by atoms with E-state index in [1.54, 1.807) is 0 Å². The molecular weight excluding hydrogens is 759 g/mol. The Labute approximate surface area is 369 Å². The van der Waals surface area contributed by atoms with Crippen molar-refractivity contribution in [1.29, 1.82) is 0 Å². The van der Waals surface area contributed by atoms with Crippen LogP contribution in [0.5, 0.6) is 0 Å². The Balaban J connectivity index is 1.22. The van der Waals surface area contributed by atoms with Crippen LogP contribution in [0, 0.1) is 0 Å². The van der Waals surface area contributed by atoms with Gasteiger partial charge in [0.05, 0.1) is 5.69 Å². The van der Waals surface area contributed by atoms with E-state index in [1.807, 2.05) is 0 Å². The third-order valence-electron chi connectivity index (χ3n) is 12.8. The van der Waals surface area contributed by atoms with E-state index < -0.39 is 0 Å². The summed E-state index contributed by atoms with van der Waals surface area (Å²) in [5.41, 5.74) is 22.8. The maximum Gasteiger partial charge on any atom is 0.252 e. The van der Waals surface area contributed by atoms with Crippen molar-refractivity contribution in [1.82, 2.24) is 0 Å². The summed E-state index contributed by atoms with van der Waals surface area (Å²) in [4.78, 5) is 5.14. The third-order valence-corrected chi connectivity index (χ3v) is 12.8. The minimum Gasteiger partial charge on any atom is -0.311 e. The van der Waals surface area contributed by atoms with Crippen LogP contribution < -0.4 is 26.2 Å². The maximum absolute atomic E-state index is 2.59. The molecule has 0 radical (unpaired) electrons. The molecule has 0 spiro atoms. The summed E-state index contributed by atoms with van der Waals surface area (Å²) < 4.78 is 0. The summed E-state index contributed by atoms with van der Waals surface area (Å²) in [6.07, 6.45) is 0. The fraction of sp³-hybridized carbons (Fsp3) is 0. The number of benzene rings is 10. The van der Waals surface area contributed by atoms with Gasteiger partial charge in [-0.3, -0.25) is 0 Å². The van der Waals surface area contributed by atoms with Gasteiger partial charge < -0.3 is 9.80 Å². The number of hydrogen-bond donors (Lipinski definition) is 0. The van der Waals surface area contributed by atoms with Crippen LogP contribution in [-0.4, -0.2) is 6.71 Å². The van der Waals surface area contributed by atoms with Gasteiger partial charge >= 0.3 is 0 Å². The zero-order valence-electron chi connectivity index (χ0n) is 34.6. The van der Waals surface area contributed by atoms with Gasteiger partial charge in [0.1, 0.15) is 0 Å². The van der Waals surface area contributed by atoms with Gasteiger partial charge in [0, 0.05) is 45.1 Å². The largest absolute Gasteiger partial charge is 0.311 e. The number of hydrogen-bond acceptors (Lipinski definition) is 2. The van der Waals surface area contributed by atoms with Crippen LogP contribution in [0.2, 0.25) is 0 Å². The second-order valence-electron chi connectivity index (χ2n) is 16.4. The molecule has 2 aliphatic heterocycles. The van der Waals surface area contributed by atoms with Crippen LogP contribution in [-0.2, 0) is 0 Å². The molecule has 12 rings (SSSR count). The molecule has 10 aromatic carbocycles. The second kappa shape index (κ2) is 15.4. The molecule has 2 aliphatic rings. The molecule has 0 aromatic heterocycles. The Kier molecular flexibility index (Phi) is 8.97. The average molecular weight is 801 g/mol. The van der Waals surface area contributed by atoms with Crippen molar-refractivity contribution in [2.75, 3.05) is 9.80 Å². The zero-order chi connectivity index (χ0) is 41.7. The first-order valence-corrected chi connectivity index (χ1v) is 21.8. The first-order valence-electron chi connectivity index (χ1n) is 21.8. The molecule has 2 nitrogen and oxygen atoms in total. The molecule has 294 valence electrons. The predicted molar refractivity (Wildman–Crippen MR) is 268 cm³/mol. The second-order valence-corrected chi connectivity index (χ2v) is 16.4. The van der Waals surface area contributed by atoms with E-state index >= 15 is 0 Å². The summed E-state index contributed by atoms with van der Waals surface area (Å²) >= 11 is 0. The summed E-state index contributed by atoms with van der Waals surface area (Å²) in [6, 6.07) is 91.1. The minimum atomic E-state index is -0.0582. The van der Waals surface area contributed by atoms with Crippen molar-refractivity contribution in [3.63, 3.8) is 0 Å². The Bertz CT molecular complexity index is 3260. The van der Waals surface area contributed by atoms with E-state index in [0.29, 0.717) is 0 Å². The summed E-state index contributed by atoms with van der Waals surface area (Å²) in [7, 11) is 0. The number of anilines is 6. The molecular formula is C60H41BN2. The molecule has 0 amide bonds.